The molecule has 1 saturated carbocycles. The van der Waals surface area contributed by atoms with Crippen LogP contribution in [0.15, 0.2) is 22.0 Å². The molecule has 0 bridgehead atoms. The highest BCUT2D eigenvalue weighted by Gasteiger charge is 2.28. The fourth-order valence-electron chi connectivity index (χ4n) is 1.98. The Kier molecular flexibility index (Phi) is 2.34. The third-order valence-corrected chi connectivity index (χ3v) is 4.79. The number of aliphatic hydroxyl groups is 1. The molecule has 1 aliphatic rings. The summed E-state index contributed by atoms with van der Waals surface area (Å²) in [6.07, 6.45) is 2.65. The second-order valence-electron chi connectivity index (χ2n) is 4.05. The third-order valence-electron chi connectivity index (χ3n) is 2.92. The van der Waals surface area contributed by atoms with Gasteiger partial charge in [0.15, 0.2) is 0 Å². The van der Waals surface area contributed by atoms with Crippen LogP contribution in [0.4, 0.5) is 0 Å². The van der Waals surface area contributed by atoms with E-state index in [-0.39, 0.29) is 6.61 Å². The molecule has 0 unspecified atom stereocenters. The van der Waals surface area contributed by atoms with Crippen molar-refractivity contribution in [1.82, 2.24) is 0 Å². The molecule has 3 rings (SSSR count). The van der Waals surface area contributed by atoms with Crippen LogP contribution in [0.25, 0.3) is 10.1 Å². The van der Waals surface area contributed by atoms with Crippen LogP contribution in [0.3, 0.4) is 0 Å². The van der Waals surface area contributed by atoms with E-state index in [1.807, 2.05) is 6.07 Å². The standard InChI is InChI=1S/C12H11BrOS/c13-12-11(8-2-3-8)9-4-1-7(6-14)5-10(9)15-12/h1,4-5,8,14H,2-3,6H2. The first-order valence-corrected chi connectivity index (χ1v) is 6.72. The van der Waals surface area contributed by atoms with Crippen molar-refractivity contribution in [3.8, 4) is 0 Å². The Labute approximate surface area is 101 Å². The van der Waals surface area contributed by atoms with Gasteiger partial charge in [-0.3, -0.25) is 0 Å². The van der Waals surface area contributed by atoms with E-state index in [1.54, 1.807) is 11.3 Å². The Balaban J connectivity index is 2.23. The number of rotatable bonds is 2. The number of hydrogen-bond donors (Lipinski definition) is 1. The topological polar surface area (TPSA) is 20.2 Å². The zero-order valence-corrected chi connectivity index (χ0v) is 10.6. The summed E-state index contributed by atoms with van der Waals surface area (Å²) in [5.74, 6) is 0.771. The van der Waals surface area contributed by atoms with Gasteiger partial charge in [0.25, 0.3) is 0 Å². The van der Waals surface area contributed by atoms with Gasteiger partial charge < -0.3 is 5.11 Å². The van der Waals surface area contributed by atoms with Gasteiger partial charge in [-0.05, 0) is 57.3 Å². The third kappa shape index (κ3) is 1.63. The average molecular weight is 283 g/mol. The van der Waals surface area contributed by atoms with Gasteiger partial charge in [-0.2, -0.15) is 0 Å². The Morgan fingerprint density at radius 3 is 2.87 bits per heavy atom. The van der Waals surface area contributed by atoms with E-state index in [1.165, 1.54) is 32.3 Å². The summed E-state index contributed by atoms with van der Waals surface area (Å²) in [6.45, 7) is 0.129. The molecule has 1 nitrogen and oxygen atoms in total. The first-order valence-electron chi connectivity index (χ1n) is 5.11. The highest BCUT2D eigenvalue weighted by molar-refractivity contribution is 9.11. The number of aliphatic hydroxyl groups excluding tert-OH is 1. The predicted molar refractivity (Wildman–Crippen MR) is 67.4 cm³/mol. The Bertz CT molecular complexity index is 514. The van der Waals surface area contributed by atoms with E-state index in [0.717, 1.165) is 11.5 Å². The molecule has 0 saturated heterocycles. The van der Waals surface area contributed by atoms with Crippen molar-refractivity contribution in [3.05, 3.63) is 33.1 Å². The van der Waals surface area contributed by atoms with Gasteiger partial charge in [0.2, 0.25) is 0 Å². The SMILES string of the molecule is OCc1ccc2c(C3CC3)c(Br)sc2c1. The minimum absolute atomic E-state index is 0.129. The molecule has 15 heavy (non-hydrogen) atoms. The molecule has 0 spiro atoms. The minimum atomic E-state index is 0.129. The quantitative estimate of drug-likeness (QED) is 0.882. The van der Waals surface area contributed by atoms with Crippen LogP contribution in [0.2, 0.25) is 0 Å². The lowest BCUT2D eigenvalue weighted by Crippen LogP contribution is -1.82. The van der Waals surface area contributed by atoms with Gasteiger partial charge >= 0.3 is 0 Å². The summed E-state index contributed by atoms with van der Waals surface area (Å²) < 4.78 is 2.56. The molecule has 0 aliphatic heterocycles. The van der Waals surface area contributed by atoms with Gasteiger partial charge in [0, 0.05) is 4.70 Å². The van der Waals surface area contributed by atoms with Crippen LogP contribution in [-0.4, -0.2) is 5.11 Å². The molecule has 3 heteroatoms. The molecule has 2 aromatic rings. The van der Waals surface area contributed by atoms with Crippen molar-refractivity contribution in [2.45, 2.75) is 25.4 Å². The predicted octanol–water partition coefficient (Wildman–Crippen LogP) is 4.03. The van der Waals surface area contributed by atoms with Gasteiger partial charge in [0.1, 0.15) is 0 Å². The average Bonchev–Trinajstić information content (AvgIpc) is 3.00. The molecule has 1 aromatic carbocycles. The normalized spacial score (nSPS) is 16.1. The summed E-state index contributed by atoms with van der Waals surface area (Å²) in [5.41, 5.74) is 2.48. The van der Waals surface area contributed by atoms with E-state index in [2.05, 4.69) is 28.1 Å². The summed E-state index contributed by atoms with van der Waals surface area (Å²) in [7, 11) is 0. The molecule has 0 amide bonds. The lowest BCUT2D eigenvalue weighted by Gasteiger charge is -1.98. The molecular weight excluding hydrogens is 272 g/mol. The molecule has 1 heterocycles. The van der Waals surface area contributed by atoms with Crippen molar-refractivity contribution in [3.63, 3.8) is 0 Å². The molecule has 0 radical (unpaired) electrons. The maximum absolute atomic E-state index is 9.09. The van der Waals surface area contributed by atoms with Crippen LogP contribution >= 0.6 is 27.3 Å². The lowest BCUT2D eigenvalue weighted by molar-refractivity contribution is 0.282. The fourth-order valence-corrected chi connectivity index (χ4v) is 4.12. The van der Waals surface area contributed by atoms with Crippen molar-refractivity contribution < 1.29 is 5.11 Å². The zero-order chi connectivity index (χ0) is 10.4. The number of benzene rings is 1. The van der Waals surface area contributed by atoms with Gasteiger partial charge in [-0.1, -0.05) is 12.1 Å². The zero-order valence-electron chi connectivity index (χ0n) is 8.16. The van der Waals surface area contributed by atoms with Gasteiger partial charge in [-0.15, -0.1) is 11.3 Å². The van der Waals surface area contributed by atoms with Crippen LogP contribution in [-0.2, 0) is 6.61 Å². The molecule has 0 atom stereocenters. The Morgan fingerprint density at radius 2 is 2.20 bits per heavy atom. The maximum Gasteiger partial charge on any atom is 0.0745 e. The van der Waals surface area contributed by atoms with E-state index in [0.29, 0.717) is 0 Å². The molecule has 1 aromatic heterocycles. The second kappa shape index (κ2) is 3.58. The first-order chi connectivity index (χ1) is 7.29. The van der Waals surface area contributed by atoms with Gasteiger partial charge in [0.05, 0.1) is 10.4 Å². The Morgan fingerprint density at radius 1 is 1.40 bits per heavy atom. The molecule has 1 aliphatic carbocycles. The first kappa shape index (κ1) is 9.82. The number of thiophene rings is 1. The van der Waals surface area contributed by atoms with E-state index in [9.17, 15) is 0 Å². The van der Waals surface area contributed by atoms with Crippen LogP contribution < -0.4 is 0 Å². The molecule has 1 fully saturated rings. The molecule has 78 valence electrons. The van der Waals surface area contributed by atoms with Crippen LogP contribution in [0, 0.1) is 0 Å². The highest BCUT2D eigenvalue weighted by Crippen LogP contribution is 2.49. The van der Waals surface area contributed by atoms with Crippen molar-refractivity contribution >= 4 is 37.4 Å². The second-order valence-corrected chi connectivity index (χ2v) is 6.42. The summed E-state index contributed by atoms with van der Waals surface area (Å²) in [6, 6.07) is 6.26. The lowest BCUT2D eigenvalue weighted by atomic mass is 10.1. The largest absolute Gasteiger partial charge is 0.392 e. The smallest absolute Gasteiger partial charge is 0.0745 e. The van der Waals surface area contributed by atoms with Crippen molar-refractivity contribution in [1.29, 1.82) is 0 Å². The maximum atomic E-state index is 9.09. The fraction of sp³-hybridized carbons (Fsp3) is 0.333. The van der Waals surface area contributed by atoms with Crippen molar-refractivity contribution in [2.75, 3.05) is 0 Å². The van der Waals surface area contributed by atoms with E-state index < -0.39 is 0 Å². The monoisotopic (exact) mass is 282 g/mol. The van der Waals surface area contributed by atoms with Crippen molar-refractivity contribution in [2.24, 2.45) is 0 Å². The number of hydrogen-bond acceptors (Lipinski definition) is 2. The van der Waals surface area contributed by atoms with E-state index in [4.69, 9.17) is 5.11 Å². The summed E-state index contributed by atoms with van der Waals surface area (Å²) in [5, 5.41) is 10.5. The van der Waals surface area contributed by atoms with Crippen LogP contribution in [0.5, 0.6) is 0 Å². The molecule has 1 N–H and O–H groups in total. The minimum Gasteiger partial charge on any atom is -0.392 e. The number of fused-ring (bicyclic) bond motifs is 1. The Hall–Kier alpha value is -0.380. The highest BCUT2D eigenvalue weighted by atomic mass is 79.9. The van der Waals surface area contributed by atoms with Crippen LogP contribution in [0.1, 0.15) is 29.9 Å². The summed E-state index contributed by atoms with van der Waals surface area (Å²) >= 11 is 5.43. The number of halogens is 1. The molecular formula is C12H11BrOS. The summed E-state index contributed by atoms with van der Waals surface area (Å²) in [4.78, 5) is 0. The van der Waals surface area contributed by atoms with Gasteiger partial charge in [-0.25, -0.2) is 0 Å². The van der Waals surface area contributed by atoms with E-state index >= 15 is 0 Å².